The van der Waals surface area contributed by atoms with Gasteiger partial charge in [0, 0.05) is 14.1 Å². The number of nitrogens with two attached hydrogens (primary N) is 1. The lowest BCUT2D eigenvalue weighted by Crippen LogP contribution is -2.47. The largest absolute Gasteiger partial charge is 0.480 e. The van der Waals surface area contributed by atoms with E-state index >= 15 is 0 Å². The first-order chi connectivity index (χ1) is 6.34. The molecule has 0 rings (SSSR count). The summed E-state index contributed by atoms with van der Waals surface area (Å²) in [5.74, 6) is -2.07. The van der Waals surface area contributed by atoms with E-state index in [0.29, 0.717) is 0 Å². The molecule has 0 aliphatic carbocycles. The fourth-order valence-corrected chi connectivity index (χ4v) is 0.679. The van der Waals surface area contributed by atoms with Gasteiger partial charge in [0.2, 0.25) is 5.91 Å². The molecule has 80 valence electrons. The van der Waals surface area contributed by atoms with Gasteiger partial charge in [0.15, 0.2) is 0 Å². The first-order valence-electron chi connectivity index (χ1n) is 3.83. The Morgan fingerprint density at radius 1 is 1.43 bits per heavy atom. The molecule has 0 bridgehead atoms. The van der Waals surface area contributed by atoms with Crippen molar-refractivity contribution in [3.8, 4) is 0 Å². The number of carbonyl (C=O) groups is 3. The summed E-state index contributed by atoms with van der Waals surface area (Å²) in [5.41, 5.74) is 4.82. The average molecular weight is 203 g/mol. The maximum atomic E-state index is 11.0. The molecule has 0 saturated carbocycles. The number of carboxylic acids is 1. The first kappa shape index (κ1) is 12.2. The zero-order valence-corrected chi connectivity index (χ0v) is 7.98. The van der Waals surface area contributed by atoms with Crippen LogP contribution in [0.25, 0.3) is 0 Å². The Balaban J connectivity index is 4.31. The summed E-state index contributed by atoms with van der Waals surface area (Å²) in [6.45, 7) is 0. The number of rotatable bonds is 4. The van der Waals surface area contributed by atoms with Crippen molar-refractivity contribution in [3.05, 3.63) is 0 Å². The van der Waals surface area contributed by atoms with Gasteiger partial charge in [0.1, 0.15) is 6.04 Å². The van der Waals surface area contributed by atoms with Crippen molar-refractivity contribution in [3.63, 3.8) is 0 Å². The fraction of sp³-hybridized carbons (Fsp3) is 0.571. The van der Waals surface area contributed by atoms with Gasteiger partial charge in [-0.15, -0.1) is 0 Å². The highest BCUT2D eigenvalue weighted by molar-refractivity contribution is 5.87. The number of urea groups is 1. The summed E-state index contributed by atoms with van der Waals surface area (Å²) in [6.07, 6.45) is -0.422. The molecule has 7 heteroatoms. The van der Waals surface area contributed by atoms with Crippen molar-refractivity contribution in [2.24, 2.45) is 5.73 Å². The smallest absolute Gasteiger partial charge is 0.326 e. The topological polar surface area (TPSA) is 113 Å². The highest BCUT2D eigenvalue weighted by atomic mass is 16.4. The number of primary amides is 1. The van der Waals surface area contributed by atoms with Crippen LogP contribution in [0.2, 0.25) is 0 Å². The third-order valence-corrected chi connectivity index (χ3v) is 1.41. The summed E-state index contributed by atoms with van der Waals surface area (Å²) in [7, 11) is 2.91. The Morgan fingerprint density at radius 3 is 2.21 bits per heavy atom. The molecule has 0 fully saturated rings. The van der Waals surface area contributed by atoms with Gasteiger partial charge >= 0.3 is 12.0 Å². The Labute approximate surface area is 80.9 Å². The third-order valence-electron chi connectivity index (χ3n) is 1.41. The predicted molar refractivity (Wildman–Crippen MR) is 47.5 cm³/mol. The molecule has 0 aromatic heterocycles. The zero-order chi connectivity index (χ0) is 11.3. The van der Waals surface area contributed by atoms with Crippen LogP contribution in [0.3, 0.4) is 0 Å². The van der Waals surface area contributed by atoms with Crippen LogP contribution in [-0.2, 0) is 9.59 Å². The maximum Gasteiger partial charge on any atom is 0.326 e. The minimum atomic E-state index is -1.29. The summed E-state index contributed by atoms with van der Waals surface area (Å²) in [5, 5.41) is 10.7. The summed E-state index contributed by atoms with van der Waals surface area (Å²) in [4.78, 5) is 33.2. The van der Waals surface area contributed by atoms with E-state index in [9.17, 15) is 14.4 Å². The van der Waals surface area contributed by atoms with Crippen molar-refractivity contribution in [1.82, 2.24) is 10.2 Å². The van der Waals surface area contributed by atoms with E-state index in [0.717, 1.165) is 4.90 Å². The summed E-state index contributed by atoms with van der Waals surface area (Å²) in [6, 6.07) is -1.86. The van der Waals surface area contributed by atoms with Gasteiger partial charge in [0.05, 0.1) is 6.42 Å². The van der Waals surface area contributed by atoms with Gasteiger partial charge in [-0.1, -0.05) is 0 Å². The Hall–Kier alpha value is -1.79. The second-order valence-electron chi connectivity index (χ2n) is 2.91. The number of hydrogen-bond donors (Lipinski definition) is 3. The van der Waals surface area contributed by atoms with Crippen LogP contribution in [0.4, 0.5) is 4.79 Å². The van der Waals surface area contributed by atoms with Crippen LogP contribution in [0.1, 0.15) is 6.42 Å². The minimum absolute atomic E-state index is 0.422. The number of carboxylic acid groups (broad SMARTS) is 1. The monoisotopic (exact) mass is 203 g/mol. The van der Waals surface area contributed by atoms with Gasteiger partial charge in [-0.3, -0.25) is 4.79 Å². The molecule has 4 N–H and O–H groups in total. The number of nitrogens with zero attached hydrogens (tertiary/aromatic N) is 1. The van der Waals surface area contributed by atoms with Gasteiger partial charge in [-0.25, -0.2) is 9.59 Å². The molecule has 7 nitrogen and oxygen atoms in total. The van der Waals surface area contributed by atoms with Crippen LogP contribution in [0, 0.1) is 0 Å². The highest BCUT2D eigenvalue weighted by Gasteiger charge is 2.22. The fourth-order valence-electron chi connectivity index (χ4n) is 0.679. The molecular weight excluding hydrogens is 190 g/mol. The van der Waals surface area contributed by atoms with E-state index in [4.69, 9.17) is 10.8 Å². The van der Waals surface area contributed by atoms with Crippen molar-refractivity contribution in [2.45, 2.75) is 12.5 Å². The molecule has 1 atom stereocenters. The molecule has 14 heavy (non-hydrogen) atoms. The molecule has 0 aromatic carbocycles. The molecule has 0 unspecified atom stereocenters. The van der Waals surface area contributed by atoms with Gasteiger partial charge in [0.25, 0.3) is 0 Å². The van der Waals surface area contributed by atoms with Crippen LogP contribution in [-0.4, -0.2) is 48.1 Å². The quantitative estimate of drug-likeness (QED) is 0.520. The maximum absolute atomic E-state index is 11.0. The SMILES string of the molecule is CN(C)C(=O)N[C@@H](CC(N)=O)C(=O)O. The van der Waals surface area contributed by atoms with Crippen molar-refractivity contribution >= 4 is 17.9 Å². The lowest BCUT2D eigenvalue weighted by molar-refractivity contribution is -0.140. The standard InChI is InChI=1S/C7H13N3O4/c1-10(2)7(14)9-4(6(12)13)3-5(8)11/h4H,3H2,1-2H3,(H2,8,11)(H,9,14)(H,12,13)/t4-/m0/s1. The van der Waals surface area contributed by atoms with E-state index in [1.54, 1.807) is 0 Å². The van der Waals surface area contributed by atoms with Gasteiger partial charge in [-0.2, -0.15) is 0 Å². The Kier molecular flexibility index (Phi) is 4.41. The predicted octanol–water partition coefficient (Wildman–Crippen LogP) is -1.41. The molecule has 0 aromatic rings. The molecule has 0 aliphatic rings. The third kappa shape index (κ3) is 4.29. The molecule has 0 aliphatic heterocycles. The molecule has 0 radical (unpaired) electrons. The lowest BCUT2D eigenvalue weighted by Gasteiger charge is -2.16. The average Bonchev–Trinajstić information content (AvgIpc) is 2.01. The van der Waals surface area contributed by atoms with Crippen LogP contribution in [0.15, 0.2) is 0 Å². The zero-order valence-electron chi connectivity index (χ0n) is 7.98. The van der Waals surface area contributed by atoms with E-state index in [-0.39, 0.29) is 0 Å². The first-order valence-corrected chi connectivity index (χ1v) is 3.83. The van der Waals surface area contributed by atoms with Crippen molar-refractivity contribution < 1.29 is 19.5 Å². The summed E-state index contributed by atoms with van der Waals surface area (Å²) < 4.78 is 0. The van der Waals surface area contributed by atoms with Crippen molar-refractivity contribution in [2.75, 3.05) is 14.1 Å². The van der Waals surface area contributed by atoms with Gasteiger partial charge < -0.3 is 21.1 Å². The number of amides is 3. The van der Waals surface area contributed by atoms with E-state index in [1.807, 2.05) is 0 Å². The highest BCUT2D eigenvalue weighted by Crippen LogP contribution is 1.92. The van der Waals surface area contributed by atoms with Crippen LogP contribution < -0.4 is 11.1 Å². The normalized spacial score (nSPS) is 11.6. The second-order valence-corrected chi connectivity index (χ2v) is 2.91. The number of aliphatic carboxylic acids is 1. The minimum Gasteiger partial charge on any atom is -0.480 e. The number of nitrogens with one attached hydrogen (secondary N) is 1. The number of hydrogen-bond acceptors (Lipinski definition) is 3. The van der Waals surface area contributed by atoms with Crippen LogP contribution >= 0.6 is 0 Å². The summed E-state index contributed by atoms with van der Waals surface area (Å²) >= 11 is 0. The Morgan fingerprint density at radius 2 is 1.93 bits per heavy atom. The van der Waals surface area contributed by atoms with E-state index in [2.05, 4.69) is 5.32 Å². The molecule has 0 heterocycles. The number of carbonyl (C=O) groups excluding carboxylic acids is 2. The molecule has 3 amide bonds. The van der Waals surface area contributed by atoms with Crippen LogP contribution in [0.5, 0.6) is 0 Å². The van der Waals surface area contributed by atoms with E-state index < -0.39 is 30.4 Å². The second kappa shape index (κ2) is 5.05. The van der Waals surface area contributed by atoms with E-state index in [1.165, 1.54) is 14.1 Å². The molecule has 0 saturated heterocycles. The van der Waals surface area contributed by atoms with Gasteiger partial charge in [-0.05, 0) is 0 Å². The molecule has 0 spiro atoms. The molecular formula is C7H13N3O4. The van der Waals surface area contributed by atoms with Crippen molar-refractivity contribution in [1.29, 1.82) is 0 Å². The lowest BCUT2D eigenvalue weighted by atomic mass is 10.2. The Bertz CT molecular complexity index is 251.